The fourth-order valence-corrected chi connectivity index (χ4v) is 4.36. The molecule has 0 spiro atoms. The molecule has 0 saturated carbocycles. The third kappa shape index (κ3) is 3.94. The van der Waals surface area contributed by atoms with Crippen LogP contribution in [0.25, 0.3) is 5.76 Å². The van der Waals surface area contributed by atoms with Gasteiger partial charge in [0.25, 0.3) is 11.7 Å². The Morgan fingerprint density at radius 2 is 1.73 bits per heavy atom. The molecule has 0 aliphatic carbocycles. The van der Waals surface area contributed by atoms with E-state index in [1.807, 2.05) is 0 Å². The molecule has 0 bridgehead atoms. The minimum Gasteiger partial charge on any atom is -0.507 e. The highest BCUT2D eigenvalue weighted by Gasteiger charge is 2.48. The summed E-state index contributed by atoms with van der Waals surface area (Å²) in [5, 5.41) is 11.4. The van der Waals surface area contributed by atoms with Gasteiger partial charge in [0, 0.05) is 11.1 Å². The second kappa shape index (κ2) is 8.84. The molecular formula is C24H15Cl2F2NO4. The highest BCUT2D eigenvalue weighted by molar-refractivity contribution is 6.52. The number of amides is 1. The van der Waals surface area contributed by atoms with E-state index in [0.29, 0.717) is 5.56 Å². The van der Waals surface area contributed by atoms with Crippen molar-refractivity contribution >= 4 is 46.3 Å². The second-order valence-corrected chi connectivity index (χ2v) is 7.99. The van der Waals surface area contributed by atoms with Gasteiger partial charge < -0.3 is 9.84 Å². The molecule has 1 aliphatic heterocycles. The Morgan fingerprint density at radius 1 is 1.03 bits per heavy atom. The summed E-state index contributed by atoms with van der Waals surface area (Å²) in [5.41, 5.74) is -0.449. The summed E-state index contributed by atoms with van der Waals surface area (Å²) in [4.78, 5) is 27.0. The van der Waals surface area contributed by atoms with Gasteiger partial charge in [0.15, 0.2) is 0 Å². The number of carbonyl (C=O) groups excluding carboxylic acids is 2. The van der Waals surface area contributed by atoms with Crippen LogP contribution in [0.3, 0.4) is 0 Å². The molecule has 1 N–H and O–H groups in total. The molecule has 9 heteroatoms. The molecular weight excluding hydrogens is 475 g/mol. The molecule has 1 saturated heterocycles. The average molecular weight is 490 g/mol. The van der Waals surface area contributed by atoms with Crippen molar-refractivity contribution in [3.8, 4) is 5.75 Å². The number of ketones is 1. The predicted molar refractivity (Wildman–Crippen MR) is 121 cm³/mol. The summed E-state index contributed by atoms with van der Waals surface area (Å²) in [7, 11) is 1.31. The van der Waals surface area contributed by atoms with Crippen molar-refractivity contribution in [2.75, 3.05) is 12.0 Å². The number of nitrogens with zero attached hydrogens (tertiary/aromatic N) is 1. The van der Waals surface area contributed by atoms with Crippen LogP contribution in [0.1, 0.15) is 17.2 Å². The lowest BCUT2D eigenvalue weighted by Gasteiger charge is -2.26. The van der Waals surface area contributed by atoms with Crippen molar-refractivity contribution in [3.05, 3.63) is 99.0 Å². The zero-order chi connectivity index (χ0) is 23.9. The maximum Gasteiger partial charge on any atom is 0.300 e. The van der Waals surface area contributed by atoms with Crippen LogP contribution in [0, 0.1) is 11.6 Å². The average Bonchev–Trinajstić information content (AvgIpc) is 3.05. The number of benzene rings is 3. The summed E-state index contributed by atoms with van der Waals surface area (Å²) in [6, 6.07) is 12.2. The van der Waals surface area contributed by atoms with Gasteiger partial charge in [-0.2, -0.15) is 0 Å². The molecule has 1 unspecified atom stereocenters. The van der Waals surface area contributed by atoms with Crippen molar-refractivity contribution < 1.29 is 28.2 Å². The van der Waals surface area contributed by atoms with Crippen LogP contribution in [0.4, 0.5) is 14.5 Å². The first-order valence-corrected chi connectivity index (χ1v) is 10.3. The number of aliphatic hydroxyl groups is 1. The minimum absolute atomic E-state index is 0.0218. The Labute approximate surface area is 197 Å². The highest BCUT2D eigenvalue weighted by atomic mass is 35.5. The molecule has 1 heterocycles. The molecule has 0 aromatic heterocycles. The molecule has 1 fully saturated rings. The molecule has 3 aromatic rings. The van der Waals surface area contributed by atoms with Crippen LogP contribution in [-0.4, -0.2) is 23.9 Å². The Balaban J connectivity index is 2.03. The molecule has 168 valence electrons. The zero-order valence-electron chi connectivity index (χ0n) is 17.0. The van der Waals surface area contributed by atoms with Crippen LogP contribution in [0.5, 0.6) is 5.75 Å². The molecule has 5 nitrogen and oxygen atoms in total. The van der Waals surface area contributed by atoms with Gasteiger partial charge in [-0.1, -0.05) is 53.5 Å². The van der Waals surface area contributed by atoms with Crippen LogP contribution in [-0.2, 0) is 9.59 Å². The number of rotatable bonds is 4. The summed E-state index contributed by atoms with van der Waals surface area (Å²) < 4.78 is 33.9. The number of ether oxygens (including phenoxy) is 1. The molecule has 3 aromatic carbocycles. The van der Waals surface area contributed by atoms with E-state index >= 15 is 0 Å². The van der Waals surface area contributed by atoms with Gasteiger partial charge in [0.1, 0.15) is 23.1 Å². The first-order valence-electron chi connectivity index (χ1n) is 9.59. The quantitative estimate of drug-likeness (QED) is 0.281. The number of hydrogen-bond acceptors (Lipinski definition) is 4. The number of methoxy groups -OCH3 is 1. The number of aliphatic hydroxyl groups excluding tert-OH is 1. The molecule has 0 radical (unpaired) electrons. The maximum absolute atomic E-state index is 14.7. The smallest absolute Gasteiger partial charge is 0.300 e. The maximum atomic E-state index is 14.7. The van der Waals surface area contributed by atoms with Crippen LogP contribution < -0.4 is 9.64 Å². The minimum atomic E-state index is -1.26. The van der Waals surface area contributed by atoms with Gasteiger partial charge in [0.2, 0.25) is 0 Å². The number of carbonyl (C=O) groups is 2. The molecule has 4 rings (SSSR count). The Hall–Kier alpha value is -3.42. The van der Waals surface area contributed by atoms with E-state index in [9.17, 15) is 23.5 Å². The topological polar surface area (TPSA) is 66.8 Å². The zero-order valence-corrected chi connectivity index (χ0v) is 18.5. The molecule has 1 atom stereocenters. The highest BCUT2D eigenvalue weighted by Crippen LogP contribution is 2.45. The third-order valence-electron chi connectivity index (χ3n) is 5.20. The Morgan fingerprint density at radius 3 is 2.39 bits per heavy atom. The van der Waals surface area contributed by atoms with E-state index in [2.05, 4.69) is 0 Å². The first-order chi connectivity index (χ1) is 15.7. The Bertz CT molecular complexity index is 1310. The van der Waals surface area contributed by atoms with Gasteiger partial charge >= 0.3 is 0 Å². The van der Waals surface area contributed by atoms with Crippen LogP contribution in [0.2, 0.25) is 10.0 Å². The van der Waals surface area contributed by atoms with E-state index < -0.39 is 40.8 Å². The van der Waals surface area contributed by atoms with E-state index in [1.165, 1.54) is 19.2 Å². The lowest BCUT2D eigenvalue weighted by Crippen LogP contribution is -2.30. The summed E-state index contributed by atoms with van der Waals surface area (Å²) in [5.74, 6) is -4.55. The predicted octanol–water partition coefficient (Wildman–Crippen LogP) is 5.91. The number of anilines is 1. The SMILES string of the molecule is COc1c(Cl)cc(Cl)cc1/C(O)=C1\C(=O)C(=O)N(c2cc(F)ccc2F)C1c1ccccc1. The van der Waals surface area contributed by atoms with Crippen molar-refractivity contribution in [3.63, 3.8) is 0 Å². The monoisotopic (exact) mass is 489 g/mol. The van der Waals surface area contributed by atoms with E-state index in [4.69, 9.17) is 27.9 Å². The van der Waals surface area contributed by atoms with E-state index in [1.54, 1.807) is 30.3 Å². The van der Waals surface area contributed by atoms with Crippen molar-refractivity contribution in [2.24, 2.45) is 0 Å². The van der Waals surface area contributed by atoms with E-state index in [0.717, 1.165) is 23.1 Å². The number of halogens is 4. The summed E-state index contributed by atoms with van der Waals surface area (Å²) in [6.07, 6.45) is 0. The first kappa shape index (κ1) is 22.8. The van der Waals surface area contributed by atoms with Gasteiger partial charge in [0.05, 0.1) is 35.0 Å². The molecule has 1 amide bonds. The number of hydrogen-bond donors (Lipinski definition) is 1. The van der Waals surface area contributed by atoms with Gasteiger partial charge in [-0.3, -0.25) is 14.5 Å². The fraction of sp³-hybridized carbons (Fsp3) is 0.0833. The fourth-order valence-electron chi connectivity index (χ4n) is 3.79. The largest absolute Gasteiger partial charge is 0.507 e. The third-order valence-corrected chi connectivity index (χ3v) is 5.69. The van der Waals surface area contributed by atoms with Crippen molar-refractivity contribution in [1.82, 2.24) is 0 Å². The molecule has 33 heavy (non-hydrogen) atoms. The van der Waals surface area contributed by atoms with Gasteiger partial charge in [-0.15, -0.1) is 0 Å². The Kier molecular flexibility index (Phi) is 6.10. The van der Waals surface area contributed by atoms with Gasteiger partial charge in [-0.25, -0.2) is 8.78 Å². The lowest BCUT2D eigenvalue weighted by atomic mass is 9.95. The summed E-state index contributed by atoms with van der Waals surface area (Å²) in [6.45, 7) is 0. The van der Waals surface area contributed by atoms with Crippen LogP contribution >= 0.6 is 23.2 Å². The standard InChI is InChI=1S/C24H15Cl2F2NO4/c1-33-23-15(9-13(25)10-16(23)26)21(30)19-20(12-5-3-2-4-6-12)29(24(32)22(19)31)18-11-14(27)7-8-17(18)28/h2-11,20,30H,1H3/b21-19+. The normalized spacial score (nSPS) is 17.5. The second-order valence-electron chi connectivity index (χ2n) is 7.14. The summed E-state index contributed by atoms with van der Waals surface area (Å²) >= 11 is 12.3. The van der Waals surface area contributed by atoms with Crippen molar-refractivity contribution in [2.45, 2.75) is 6.04 Å². The van der Waals surface area contributed by atoms with Crippen LogP contribution in [0.15, 0.2) is 66.2 Å². The number of Topliss-reactive ketones (excluding diaryl/α,β-unsaturated/α-hetero) is 1. The molecule has 1 aliphatic rings. The van der Waals surface area contributed by atoms with Crippen molar-refractivity contribution in [1.29, 1.82) is 0 Å². The van der Waals surface area contributed by atoms with Gasteiger partial charge in [-0.05, 0) is 29.8 Å². The lowest BCUT2D eigenvalue weighted by molar-refractivity contribution is -0.132. The van der Waals surface area contributed by atoms with E-state index in [-0.39, 0.29) is 26.9 Å².